The van der Waals surface area contributed by atoms with Crippen LogP contribution in [0.15, 0.2) is 42.7 Å². The van der Waals surface area contributed by atoms with Gasteiger partial charge < -0.3 is 20.1 Å². The van der Waals surface area contributed by atoms with Crippen LogP contribution in [0, 0.1) is 0 Å². The maximum atomic E-state index is 12.0. The van der Waals surface area contributed by atoms with Gasteiger partial charge in [0.05, 0.1) is 31.1 Å². The topological polar surface area (TPSA) is 79.6 Å². The Balaban J connectivity index is 1.84. The summed E-state index contributed by atoms with van der Waals surface area (Å²) < 4.78 is 6.60. The molecule has 0 bridgehead atoms. The number of methoxy groups -OCH3 is 1. The molecule has 0 aliphatic rings. The summed E-state index contributed by atoms with van der Waals surface area (Å²) in [6, 6.07) is 9.49. The van der Waals surface area contributed by atoms with Crippen LogP contribution < -0.4 is 5.32 Å². The third kappa shape index (κ3) is 5.08. The van der Waals surface area contributed by atoms with Gasteiger partial charge in [-0.1, -0.05) is 18.2 Å². The van der Waals surface area contributed by atoms with Gasteiger partial charge in [-0.15, -0.1) is 0 Å². The monoisotopic (exact) mass is 318 g/mol. The third-order valence-corrected chi connectivity index (χ3v) is 3.29. The number of carbonyl (C=O) groups is 1. The summed E-state index contributed by atoms with van der Waals surface area (Å²) in [5.41, 5.74) is 1.86. The lowest BCUT2D eigenvalue weighted by Crippen LogP contribution is -2.42. The first-order valence-corrected chi connectivity index (χ1v) is 7.35. The summed E-state index contributed by atoms with van der Waals surface area (Å²) in [6.45, 7) is 0.779. The number of nitrogens with zero attached hydrogens (tertiary/aromatic N) is 3. The average molecular weight is 318 g/mol. The SMILES string of the molecule is COC[C@H](O)CN(C)C(=O)NCc1cnn(-c2ccccc2)c1. The van der Waals surface area contributed by atoms with Gasteiger partial charge in [-0.2, -0.15) is 5.10 Å². The molecule has 0 unspecified atom stereocenters. The molecule has 0 aliphatic carbocycles. The van der Waals surface area contributed by atoms with Crippen LogP contribution in [0.3, 0.4) is 0 Å². The number of likely N-dealkylation sites (N-methyl/N-ethyl adjacent to an activating group) is 1. The van der Waals surface area contributed by atoms with Gasteiger partial charge >= 0.3 is 6.03 Å². The van der Waals surface area contributed by atoms with Crippen molar-refractivity contribution in [2.75, 3.05) is 27.3 Å². The van der Waals surface area contributed by atoms with E-state index in [0.29, 0.717) is 6.54 Å². The first-order valence-electron chi connectivity index (χ1n) is 7.35. The molecule has 23 heavy (non-hydrogen) atoms. The van der Waals surface area contributed by atoms with E-state index in [9.17, 15) is 9.90 Å². The Bertz CT molecular complexity index is 615. The van der Waals surface area contributed by atoms with Crippen molar-refractivity contribution in [2.45, 2.75) is 12.6 Å². The van der Waals surface area contributed by atoms with Gasteiger partial charge in [-0.25, -0.2) is 9.48 Å². The Morgan fingerprint density at radius 1 is 1.43 bits per heavy atom. The fraction of sp³-hybridized carbons (Fsp3) is 0.375. The molecule has 0 fully saturated rings. The quantitative estimate of drug-likeness (QED) is 0.799. The minimum atomic E-state index is -0.698. The largest absolute Gasteiger partial charge is 0.389 e. The second-order valence-electron chi connectivity index (χ2n) is 5.28. The highest BCUT2D eigenvalue weighted by Crippen LogP contribution is 2.07. The van der Waals surface area contributed by atoms with Crippen LogP contribution in [0.4, 0.5) is 4.79 Å². The minimum absolute atomic E-state index is 0.196. The molecule has 124 valence electrons. The van der Waals surface area contributed by atoms with Crippen LogP contribution >= 0.6 is 0 Å². The first-order chi connectivity index (χ1) is 11.1. The molecule has 7 nitrogen and oxygen atoms in total. The number of benzene rings is 1. The average Bonchev–Trinajstić information content (AvgIpc) is 3.02. The normalized spacial score (nSPS) is 12.0. The zero-order valence-corrected chi connectivity index (χ0v) is 13.3. The summed E-state index contributed by atoms with van der Waals surface area (Å²) in [6.07, 6.45) is 2.89. The van der Waals surface area contributed by atoms with Gasteiger partial charge in [-0.05, 0) is 12.1 Å². The molecule has 2 rings (SSSR count). The van der Waals surface area contributed by atoms with Crippen molar-refractivity contribution < 1.29 is 14.6 Å². The summed E-state index contributed by atoms with van der Waals surface area (Å²) in [7, 11) is 3.13. The Morgan fingerprint density at radius 2 is 2.17 bits per heavy atom. The van der Waals surface area contributed by atoms with Crippen LogP contribution in [0.2, 0.25) is 0 Å². The van der Waals surface area contributed by atoms with Gasteiger partial charge in [0, 0.05) is 32.5 Å². The number of hydrogen-bond acceptors (Lipinski definition) is 4. The van der Waals surface area contributed by atoms with E-state index in [1.807, 2.05) is 36.5 Å². The van der Waals surface area contributed by atoms with Gasteiger partial charge in [0.1, 0.15) is 0 Å². The summed E-state index contributed by atoms with van der Waals surface area (Å²) in [4.78, 5) is 13.4. The number of amides is 2. The number of carbonyl (C=O) groups excluding carboxylic acids is 1. The predicted octanol–water partition coefficient (Wildman–Crippen LogP) is 1.02. The third-order valence-electron chi connectivity index (χ3n) is 3.29. The van der Waals surface area contributed by atoms with Crippen molar-refractivity contribution in [1.82, 2.24) is 20.0 Å². The molecule has 1 heterocycles. The van der Waals surface area contributed by atoms with E-state index in [2.05, 4.69) is 10.4 Å². The number of aromatic nitrogens is 2. The van der Waals surface area contributed by atoms with Crippen molar-refractivity contribution in [1.29, 1.82) is 0 Å². The molecule has 2 aromatic rings. The lowest BCUT2D eigenvalue weighted by Gasteiger charge is -2.20. The standard InChI is InChI=1S/C16H22N4O3/c1-19(11-15(21)12-23-2)16(22)17-8-13-9-18-20(10-13)14-6-4-3-5-7-14/h3-7,9-10,15,21H,8,11-12H2,1-2H3,(H,17,22)/t15-/m1/s1. The predicted molar refractivity (Wildman–Crippen MR) is 86.3 cm³/mol. The van der Waals surface area contributed by atoms with Crippen molar-refractivity contribution in [3.63, 3.8) is 0 Å². The molecule has 1 atom stereocenters. The summed E-state index contributed by atoms with van der Waals surface area (Å²) >= 11 is 0. The van der Waals surface area contributed by atoms with E-state index in [1.165, 1.54) is 12.0 Å². The lowest BCUT2D eigenvalue weighted by molar-refractivity contribution is 0.0489. The molecule has 1 aromatic carbocycles. The number of urea groups is 1. The van der Waals surface area contributed by atoms with Crippen molar-refractivity contribution in [2.24, 2.45) is 0 Å². The molecule has 0 spiro atoms. The fourth-order valence-electron chi connectivity index (χ4n) is 2.13. The number of aliphatic hydroxyl groups excluding tert-OH is 1. The number of hydrogen-bond donors (Lipinski definition) is 2. The van der Waals surface area contributed by atoms with Gasteiger partial charge in [0.2, 0.25) is 0 Å². The van der Waals surface area contributed by atoms with Gasteiger partial charge in [0.15, 0.2) is 0 Å². The van der Waals surface area contributed by atoms with Crippen molar-refractivity contribution in [3.05, 3.63) is 48.3 Å². The van der Waals surface area contributed by atoms with E-state index in [0.717, 1.165) is 11.3 Å². The number of nitrogens with one attached hydrogen (secondary N) is 1. The number of aliphatic hydroxyl groups is 1. The second-order valence-corrected chi connectivity index (χ2v) is 5.28. The second kappa shape index (κ2) is 8.30. The van der Waals surface area contributed by atoms with Gasteiger partial charge in [0.25, 0.3) is 0 Å². The zero-order chi connectivity index (χ0) is 16.7. The minimum Gasteiger partial charge on any atom is -0.389 e. The highest BCUT2D eigenvalue weighted by molar-refractivity contribution is 5.73. The molecular weight excluding hydrogens is 296 g/mol. The number of para-hydroxylation sites is 1. The first kappa shape index (κ1) is 17.0. The van der Waals surface area contributed by atoms with Gasteiger partial charge in [-0.3, -0.25) is 0 Å². The highest BCUT2D eigenvalue weighted by Gasteiger charge is 2.13. The molecule has 0 radical (unpaired) electrons. The van der Waals surface area contributed by atoms with E-state index in [1.54, 1.807) is 17.9 Å². The Kier molecular flexibility index (Phi) is 6.13. The lowest BCUT2D eigenvalue weighted by atomic mass is 10.3. The molecule has 2 amide bonds. The molecule has 7 heteroatoms. The van der Waals surface area contributed by atoms with Crippen LogP contribution in [-0.2, 0) is 11.3 Å². The van der Waals surface area contributed by atoms with Crippen molar-refractivity contribution in [3.8, 4) is 5.69 Å². The van der Waals surface area contributed by atoms with Crippen LogP contribution in [0.25, 0.3) is 5.69 Å². The van der Waals surface area contributed by atoms with Crippen LogP contribution in [0.1, 0.15) is 5.56 Å². The van der Waals surface area contributed by atoms with Crippen LogP contribution in [-0.4, -0.2) is 59.2 Å². The van der Waals surface area contributed by atoms with E-state index in [4.69, 9.17) is 4.74 Å². The summed E-state index contributed by atoms with van der Waals surface area (Å²) in [5, 5.41) is 16.7. The highest BCUT2D eigenvalue weighted by atomic mass is 16.5. The fourth-order valence-corrected chi connectivity index (χ4v) is 2.13. The Labute approximate surface area is 135 Å². The molecule has 0 saturated heterocycles. The van der Waals surface area contributed by atoms with E-state index >= 15 is 0 Å². The zero-order valence-electron chi connectivity index (χ0n) is 13.3. The molecule has 0 aliphatic heterocycles. The number of rotatable bonds is 7. The molecule has 1 aromatic heterocycles. The van der Waals surface area contributed by atoms with E-state index < -0.39 is 6.10 Å². The van der Waals surface area contributed by atoms with Crippen molar-refractivity contribution >= 4 is 6.03 Å². The summed E-state index contributed by atoms with van der Waals surface area (Å²) in [5.74, 6) is 0. The number of ether oxygens (including phenoxy) is 1. The van der Waals surface area contributed by atoms with E-state index in [-0.39, 0.29) is 19.2 Å². The van der Waals surface area contributed by atoms with Crippen LogP contribution in [0.5, 0.6) is 0 Å². The Hall–Kier alpha value is -2.38. The maximum absolute atomic E-state index is 12.0. The molecular formula is C16H22N4O3. The smallest absolute Gasteiger partial charge is 0.317 e. The molecule has 2 N–H and O–H groups in total. The molecule has 0 saturated carbocycles. The Morgan fingerprint density at radius 3 is 2.87 bits per heavy atom. The maximum Gasteiger partial charge on any atom is 0.317 e.